The van der Waals surface area contributed by atoms with Crippen LogP contribution in [0.25, 0.3) is 11.3 Å². The Balaban J connectivity index is 1.40. The van der Waals surface area contributed by atoms with E-state index >= 15 is 0 Å². The molecule has 1 saturated heterocycles. The van der Waals surface area contributed by atoms with Crippen LogP contribution in [-0.2, 0) is 11.6 Å². The number of nitrogens with zero attached hydrogens (tertiary/aromatic N) is 2. The zero-order valence-corrected chi connectivity index (χ0v) is 18.7. The lowest BCUT2D eigenvalue weighted by Gasteiger charge is -2.38. The summed E-state index contributed by atoms with van der Waals surface area (Å²) in [6, 6.07) is 14.3. The van der Waals surface area contributed by atoms with Crippen molar-refractivity contribution in [1.82, 2.24) is 9.88 Å². The average Bonchev–Trinajstić information content (AvgIpc) is 3.17. The third-order valence-corrected chi connectivity index (χ3v) is 7.25. The van der Waals surface area contributed by atoms with Gasteiger partial charge >= 0.3 is 12.2 Å². The largest absolute Gasteiger partial charge is 0.416 e. The van der Waals surface area contributed by atoms with E-state index in [1.165, 1.54) is 17.0 Å². The SMILES string of the molecule is Cc1sc(C2(C)CCN(C(=O)Nc3ccc(C(F)(F)F)cc3)CC2)nc1-c1ccccc1. The van der Waals surface area contributed by atoms with Gasteiger partial charge in [0.15, 0.2) is 0 Å². The monoisotopic (exact) mass is 459 g/mol. The number of halogens is 3. The number of benzene rings is 2. The van der Waals surface area contributed by atoms with Crippen LogP contribution in [0.15, 0.2) is 54.6 Å². The zero-order chi connectivity index (χ0) is 22.9. The van der Waals surface area contributed by atoms with E-state index in [0.717, 1.165) is 41.2 Å². The predicted molar refractivity (Wildman–Crippen MR) is 121 cm³/mol. The van der Waals surface area contributed by atoms with Crippen molar-refractivity contribution in [1.29, 1.82) is 0 Å². The van der Waals surface area contributed by atoms with Gasteiger partial charge in [-0.2, -0.15) is 13.2 Å². The van der Waals surface area contributed by atoms with Gasteiger partial charge < -0.3 is 10.2 Å². The number of piperidine rings is 1. The molecule has 8 heteroatoms. The van der Waals surface area contributed by atoms with Crippen LogP contribution in [0.2, 0.25) is 0 Å². The van der Waals surface area contributed by atoms with Crippen LogP contribution in [-0.4, -0.2) is 29.0 Å². The zero-order valence-electron chi connectivity index (χ0n) is 17.9. The third-order valence-electron chi connectivity index (χ3n) is 5.98. The molecule has 1 fully saturated rings. The van der Waals surface area contributed by atoms with Gasteiger partial charge in [-0.25, -0.2) is 9.78 Å². The lowest BCUT2D eigenvalue weighted by Crippen LogP contribution is -2.45. The average molecular weight is 460 g/mol. The molecule has 32 heavy (non-hydrogen) atoms. The number of nitrogens with one attached hydrogen (secondary N) is 1. The van der Waals surface area contributed by atoms with Crippen LogP contribution in [0.5, 0.6) is 0 Å². The van der Waals surface area contributed by atoms with E-state index in [2.05, 4.69) is 31.3 Å². The molecule has 1 aliphatic heterocycles. The van der Waals surface area contributed by atoms with Gasteiger partial charge in [-0.05, 0) is 44.0 Å². The van der Waals surface area contributed by atoms with Crippen molar-refractivity contribution < 1.29 is 18.0 Å². The number of aryl methyl sites for hydroxylation is 1. The van der Waals surface area contributed by atoms with Gasteiger partial charge in [0.1, 0.15) is 0 Å². The van der Waals surface area contributed by atoms with Gasteiger partial charge in [0, 0.05) is 34.6 Å². The normalized spacial score (nSPS) is 16.1. The first-order valence-corrected chi connectivity index (χ1v) is 11.2. The van der Waals surface area contributed by atoms with Crippen molar-refractivity contribution in [2.45, 2.75) is 38.3 Å². The summed E-state index contributed by atoms with van der Waals surface area (Å²) < 4.78 is 38.1. The number of urea groups is 1. The third kappa shape index (κ3) is 4.65. The van der Waals surface area contributed by atoms with E-state index in [1.54, 1.807) is 16.2 Å². The van der Waals surface area contributed by atoms with E-state index in [1.807, 2.05) is 18.2 Å². The predicted octanol–water partition coefficient (Wildman–Crippen LogP) is 6.72. The Labute approximate surface area is 189 Å². The first kappa shape index (κ1) is 22.3. The highest BCUT2D eigenvalue weighted by atomic mass is 32.1. The molecule has 2 heterocycles. The Hall–Kier alpha value is -2.87. The van der Waals surface area contributed by atoms with Crippen molar-refractivity contribution in [3.05, 3.63) is 70.0 Å². The van der Waals surface area contributed by atoms with E-state index in [4.69, 9.17) is 4.98 Å². The molecule has 0 radical (unpaired) electrons. The van der Waals surface area contributed by atoms with Crippen LogP contribution in [0.4, 0.5) is 23.7 Å². The van der Waals surface area contributed by atoms with Crippen LogP contribution in [0, 0.1) is 6.92 Å². The molecule has 1 aliphatic rings. The summed E-state index contributed by atoms with van der Waals surface area (Å²) in [7, 11) is 0. The summed E-state index contributed by atoms with van der Waals surface area (Å²) >= 11 is 1.71. The molecular formula is C24H24F3N3OS. The molecule has 2 amide bonds. The summed E-state index contributed by atoms with van der Waals surface area (Å²) in [5, 5.41) is 3.78. The Bertz CT molecular complexity index is 1090. The highest BCUT2D eigenvalue weighted by molar-refractivity contribution is 7.12. The Morgan fingerprint density at radius 2 is 1.69 bits per heavy atom. The molecule has 168 valence electrons. The highest BCUT2D eigenvalue weighted by Gasteiger charge is 2.36. The van der Waals surface area contributed by atoms with Gasteiger partial charge in [0.05, 0.1) is 16.3 Å². The molecule has 4 nitrogen and oxygen atoms in total. The molecule has 2 aromatic carbocycles. The molecule has 0 aliphatic carbocycles. The maximum Gasteiger partial charge on any atom is 0.416 e. The lowest BCUT2D eigenvalue weighted by molar-refractivity contribution is -0.137. The van der Waals surface area contributed by atoms with E-state index in [9.17, 15) is 18.0 Å². The summed E-state index contributed by atoms with van der Waals surface area (Å²) in [6.07, 6.45) is -2.85. The van der Waals surface area contributed by atoms with Crippen LogP contribution in [0.3, 0.4) is 0 Å². The standard InChI is InChI=1S/C24H24F3N3OS/c1-16-20(17-6-4-3-5-7-17)29-21(32-16)23(2)12-14-30(15-13-23)22(31)28-19-10-8-18(9-11-19)24(25,26)27/h3-11H,12-15H2,1-2H3,(H,28,31). The summed E-state index contributed by atoms with van der Waals surface area (Å²) in [6.45, 7) is 5.38. The number of alkyl halides is 3. The van der Waals surface area contributed by atoms with Crippen molar-refractivity contribution in [3.8, 4) is 11.3 Å². The van der Waals surface area contributed by atoms with Crippen molar-refractivity contribution in [3.63, 3.8) is 0 Å². The number of rotatable bonds is 3. The second-order valence-electron chi connectivity index (χ2n) is 8.34. The Morgan fingerprint density at radius 1 is 1.06 bits per heavy atom. The van der Waals surface area contributed by atoms with Crippen molar-refractivity contribution in [2.24, 2.45) is 0 Å². The molecule has 1 N–H and O–H groups in total. The van der Waals surface area contributed by atoms with Gasteiger partial charge in [-0.3, -0.25) is 0 Å². The minimum Gasteiger partial charge on any atom is -0.324 e. The molecule has 1 aromatic heterocycles. The number of thiazole rings is 1. The summed E-state index contributed by atoms with van der Waals surface area (Å²) in [5.41, 5.74) is 1.60. The fourth-order valence-corrected chi connectivity index (χ4v) is 5.02. The smallest absolute Gasteiger partial charge is 0.324 e. The number of anilines is 1. The second-order valence-corrected chi connectivity index (χ2v) is 9.55. The number of amides is 2. The van der Waals surface area contributed by atoms with Crippen molar-refractivity contribution in [2.75, 3.05) is 18.4 Å². The van der Waals surface area contributed by atoms with Crippen LogP contribution < -0.4 is 5.32 Å². The maximum absolute atomic E-state index is 12.7. The van der Waals surface area contributed by atoms with E-state index in [0.29, 0.717) is 18.8 Å². The van der Waals surface area contributed by atoms with Gasteiger partial charge in [-0.1, -0.05) is 37.3 Å². The summed E-state index contributed by atoms with van der Waals surface area (Å²) in [4.78, 5) is 20.5. The molecule has 0 atom stereocenters. The molecule has 4 rings (SSSR count). The number of aromatic nitrogens is 1. The van der Waals surface area contributed by atoms with Gasteiger partial charge in [0.25, 0.3) is 0 Å². The highest BCUT2D eigenvalue weighted by Crippen LogP contribution is 2.40. The fourth-order valence-electron chi connectivity index (χ4n) is 3.88. The first-order chi connectivity index (χ1) is 15.2. The molecule has 0 saturated carbocycles. The molecule has 0 bridgehead atoms. The number of hydrogen-bond donors (Lipinski definition) is 1. The number of carbonyl (C=O) groups is 1. The Kier molecular flexibility index (Phi) is 5.99. The molecule has 0 unspecified atom stereocenters. The van der Waals surface area contributed by atoms with Gasteiger partial charge in [0.2, 0.25) is 0 Å². The summed E-state index contributed by atoms with van der Waals surface area (Å²) in [5.74, 6) is 0. The lowest BCUT2D eigenvalue weighted by atomic mass is 9.81. The van der Waals surface area contributed by atoms with Gasteiger partial charge in [-0.15, -0.1) is 11.3 Å². The number of likely N-dealkylation sites (tertiary alicyclic amines) is 1. The topological polar surface area (TPSA) is 45.2 Å². The Morgan fingerprint density at radius 3 is 2.28 bits per heavy atom. The molecule has 0 spiro atoms. The fraction of sp³-hybridized carbons (Fsp3) is 0.333. The molecular weight excluding hydrogens is 435 g/mol. The minimum atomic E-state index is -4.39. The minimum absolute atomic E-state index is 0.117. The van der Waals surface area contributed by atoms with Crippen LogP contribution >= 0.6 is 11.3 Å². The van der Waals surface area contributed by atoms with Crippen LogP contribution in [0.1, 0.15) is 35.2 Å². The maximum atomic E-state index is 12.7. The molecule has 3 aromatic rings. The van der Waals surface area contributed by atoms with E-state index < -0.39 is 11.7 Å². The number of hydrogen-bond acceptors (Lipinski definition) is 3. The number of carbonyl (C=O) groups excluding carboxylic acids is 1. The van der Waals surface area contributed by atoms with Crippen molar-refractivity contribution >= 4 is 23.1 Å². The first-order valence-electron chi connectivity index (χ1n) is 10.4. The van der Waals surface area contributed by atoms with E-state index in [-0.39, 0.29) is 11.4 Å². The second kappa shape index (κ2) is 8.58. The quantitative estimate of drug-likeness (QED) is 0.472.